The second-order valence-corrected chi connectivity index (χ2v) is 6.35. The lowest BCUT2D eigenvalue weighted by Gasteiger charge is -2.29. The van der Waals surface area contributed by atoms with Gasteiger partial charge in [0, 0.05) is 12.1 Å². The number of amides is 2. The summed E-state index contributed by atoms with van der Waals surface area (Å²) in [7, 11) is 2.16. The number of hydrogen-bond acceptors (Lipinski definition) is 4. The van der Waals surface area contributed by atoms with E-state index in [1.165, 1.54) is 18.4 Å². The lowest BCUT2D eigenvalue weighted by atomic mass is 9.89. The van der Waals surface area contributed by atoms with Crippen LogP contribution in [0.1, 0.15) is 37.2 Å². The van der Waals surface area contributed by atoms with Gasteiger partial charge in [-0.3, -0.25) is 14.9 Å². The summed E-state index contributed by atoms with van der Waals surface area (Å²) in [5.41, 5.74) is 2.30. The summed E-state index contributed by atoms with van der Waals surface area (Å²) >= 11 is 0. The first-order chi connectivity index (χ1) is 10.6. The lowest BCUT2D eigenvalue weighted by molar-refractivity contribution is -0.133. The zero-order valence-corrected chi connectivity index (χ0v) is 13.0. The van der Waals surface area contributed by atoms with Gasteiger partial charge in [0.15, 0.2) is 0 Å². The smallest absolute Gasteiger partial charge is 0.249 e. The van der Waals surface area contributed by atoms with Crippen LogP contribution in [0.4, 0.5) is 5.69 Å². The maximum Gasteiger partial charge on any atom is 0.249 e. The molecule has 2 heterocycles. The van der Waals surface area contributed by atoms with Crippen molar-refractivity contribution in [1.29, 1.82) is 0 Å². The molecule has 0 radical (unpaired) electrons. The third-order valence-electron chi connectivity index (χ3n) is 4.66. The van der Waals surface area contributed by atoms with Crippen molar-refractivity contribution in [3.63, 3.8) is 0 Å². The number of nitrogens with zero attached hydrogens (tertiary/aromatic N) is 1. The molecular formula is C17H23N3O2. The fraction of sp³-hybridized carbons (Fsp3) is 0.529. The van der Waals surface area contributed by atoms with Gasteiger partial charge in [-0.15, -0.1) is 0 Å². The summed E-state index contributed by atoms with van der Waals surface area (Å²) < 4.78 is 0. The molecule has 2 aliphatic heterocycles. The van der Waals surface area contributed by atoms with Crippen LogP contribution in [0.2, 0.25) is 0 Å². The highest BCUT2D eigenvalue weighted by atomic mass is 16.2. The van der Waals surface area contributed by atoms with Crippen molar-refractivity contribution in [2.75, 3.05) is 25.5 Å². The average molecular weight is 301 g/mol. The van der Waals surface area contributed by atoms with E-state index < -0.39 is 0 Å². The van der Waals surface area contributed by atoms with Crippen molar-refractivity contribution in [2.45, 2.75) is 37.6 Å². The molecule has 2 saturated heterocycles. The highest BCUT2D eigenvalue weighted by molar-refractivity contribution is 6.01. The van der Waals surface area contributed by atoms with Gasteiger partial charge in [-0.05, 0) is 63.0 Å². The van der Waals surface area contributed by atoms with E-state index in [0.29, 0.717) is 18.8 Å². The molecule has 2 N–H and O–H groups in total. The van der Waals surface area contributed by atoms with Crippen LogP contribution in [0, 0.1) is 0 Å². The van der Waals surface area contributed by atoms with Crippen LogP contribution >= 0.6 is 0 Å². The molecule has 3 rings (SSSR count). The zero-order valence-electron chi connectivity index (χ0n) is 13.0. The number of rotatable bonds is 3. The number of benzene rings is 1. The van der Waals surface area contributed by atoms with Crippen LogP contribution in [0.3, 0.4) is 0 Å². The molecule has 2 aliphatic rings. The van der Waals surface area contributed by atoms with Crippen LogP contribution in [-0.2, 0) is 9.59 Å². The zero-order chi connectivity index (χ0) is 15.5. The quantitative estimate of drug-likeness (QED) is 0.835. The molecule has 1 unspecified atom stereocenters. The molecular weight excluding hydrogens is 278 g/mol. The van der Waals surface area contributed by atoms with E-state index in [0.717, 1.165) is 18.8 Å². The molecule has 5 nitrogen and oxygen atoms in total. The Labute approximate surface area is 131 Å². The van der Waals surface area contributed by atoms with Crippen LogP contribution in [0.5, 0.6) is 0 Å². The van der Waals surface area contributed by atoms with E-state index in [4.69, 9.17) is 0 Å². The Bertz CT molecular complexity index is 565. The van der Waals surface area contributed by atoms with Crippen molar-refractivity contribution < 1.29 is 9.59 Å². The van der Waals surface area contributed by atoms with E-state index in [2.05, 4.69) is 34.7 Å². The number of anilines is 1. The first-order valence-electron chi connectivity index (χ1n) is 8.00. The molecule has 118 valence electrons. The van der Waals surface area contributed by atoms with Gasteiger partial charge in [-0.2, -0.15) is 0 Å². The highest BCUT2D eigenvalue weighted by Gasteiger charge is 2.26. The Balaban J connectivity index is 1.66. The minimum absolute atomic E-state index is 0.178. The second kappa shape index (κ2) is 6.48. The molecule has 0 saturated carbocycles. The van der Waals surface area contributed by atoms with E-state index in [-0.39, 0.29) is 17.9 Å². The van der Waals surface area contributed by atoms with Crippen molar-refractivity contribution in [3.8, 4) is 0 Å². The first kappa shape index (κ1) is 15.0. The first-order valence-corrected chi connectivity index (χ1v) is 8.00. The predicted molar refractivity (Wildman–Crippen MR) is 85.7 cm³/mol. The van der Waals surface area contributed by atoms with Crippen molar-refractivity contribution >= 4 is 17.5 Å². The Hall–Kier alpha value is -1.88. The maximum atomic E-state index is 11.8. The summed E-state index contributed by atoms with van der Waals surface area (Å²) in [6.07, 6.45) is 3.32. The van der Waals surface area contributed by atoms with Crippen LogP contribution < -0.4 is 10.6 Å². The van der Waals surface area contributed by atoms with Gasteiger partial charge in [-0.25, -0.2) is 0 Å². The third kappa shape index (κ3) is 3.47. The van der Waals surface area contributed by atoms with Gasteiger partial charge in [0.25, 0.3) is 0 Å². The molecule has 1 aromatic carbocycles. The van der Waals surface area contributed by atoms with Crippen molar-refractivity contribution in [2.24, 2.45) is 0 Å². The second-order valence-electron chi connectivity index (χ2n) is 6.35. The van der Waals surface area contributed by atoms with E-state index in [9.17, 15) is 9.59 Å². The van der Waals surface area contributed by atoms with E-state index in [1.807, 2.05) is 12.1 Å². The van der Waals surface area contributed by atoms with Gasteiger partial charge in [0.2, 0.25) is 11.8 Å². The molecule has 5 heteroatoms. The predicted octanol–water partition coefficient (Wildman–Crippen LogP) is 1.71. The number of imide groups is 1. The summed E-state index contributed by atoms with van der Waals surface area (Å²) in [4.78, 5) is 25.4. The molecule has 2 amide bonds. The molecule has 0 aromatic heterocycles. The highest BCUT2D eigenvalue weighted by Crippen LogP contribution is 2.29. The maximum absolute atomic E-state index is 11.8. The topological polar surface area (TPSA) is 61.4 Å². The Kier molecular flexibility index (Phi) is 4.43. The fourth-order valence-electron chi connectivity index (χ4n) is 3.26. The van der Waals surface area contributed by atoms with Crippen LogP contribution in [0.25, 0.3) is 0 Å². The van der Waals surface area contributed by atoms with Gasteiger partial charge >= 0.3 is 0 Å². The Morgan fingerprint density at radius 3 is 2.68 bits per heavy atom. The van der Waals surface area contributed by atoms with Gasteiger partial charge in [0.05, 0.1) is 0 Å². The number of likely N-dealkylation sites (tertiary alicyclic amines) is 1. The number of carbonyl (C=O) groups is 2. The van der Waals surface area contributed by atoms with E-state index >= 15 is 0 Å². The van der Waals surface area contributed by atoms with E-state index in [1.54, 1.807) is 0 Å². The SMILES string of the molecule is CN1CCC(c2cccc(NC3CCC(=O)NC3=O)c2)CC1. The van der Waals surface area contributed by atoms with Crippen molar-refractivity contribution in [3.05, 3.63) is 29.8 Å². The minimum Gasteiger partial charge on any atom is -0.374 e. The molecule has 0 spiro atoms. The number of nitrogens with one attached hydrogen (secondary N) is 2. The standard InChI is InChI=1S/C17H23N3O2/c1-20-9-7-12(8-10-20)13-3-2-4-14(11-13)18-15-5-6-16(21)19-17(15)22/h2-4,11-12,15,18H,5-10H2,1H3,(H,19,21,22). The van der Waals surface area contributed by atoms with Gasteiger partial charge in [0.1, 0.15) is 6.04 Å². The Morgan fingerprint density at radius 1 is 1.18 bits per heavy atom. The summed E-state index contributed by atoms with van der Waals surface area (Å²) in [6.45, 7) is 2.27. The number of hydrogen-bond donors (Lipinski definition) is 2. The molecule has 0 bridgehead atoms. The fourth-order valence-corrected chi connectivity index (χ4v) is 3.26. The van der Waals surface area contributed by atoms with Crippen LogP contribution in [-0.4, -0.2) is 42.9 Å². The largest absolute Gasteiger partial charge is 0.374 e. The minimum atomic E-state index is -0.314. The number of piperidine rings is 2. The summed E-state index contributed by atoms with van der Waals surface area (Å²) in [6, 6.07) is 8.04. The van der Waals surface area contributed by atoms with Crippen molar-refractivity contribution in [1.82, 2.24) is 10.2 Å². The molecule has 0 aliphatic carbocycles. The van der Waals surface area contributed by atoms with Gasteiger partial charge < -0.3 is 10.2 Å². The molecule has 1 atom stereocenters. The van der Waals surface area contributed by atoms with Gasteiger partial charge in [-0.1, -0.05) is 12.1 Å². The third-order valence-corrected chi connectivity index (χ3v) is 4.66. The van der Waals surface area contributed by atoms with Crippen LogP contribution in [0.15, 0.2) is 24.3 Å². The average Bonchev–Trinajstić information content (AvgIpc) is 2.51. The summed E-state index contributed by atoms with van der Waals surface area (Å²) in [5, 5.41) is 5.65. The number of carbonyl (C=O) groups excluding carboxylic acids is 2. The normalized spacial score (nSPS) is 24.1. The summed E-state index contributed by atoms with van der Waals surface area (Å²) in [5.74, 6) is 0.198. The molecule has 1 aromatic rings. The monoisotopic (exact) mass is 301 g/mol. The lowest BCUT2D eigenvalue weighted by Crippen LogP contribution is -2.47. The Morgan fingerprint density at radius 2 is 1.95 bits per heavy atom. The molecule has 22 heavy (non-hydrogen) atoms. The molecule has 2 fully saturated rings.